The van der Waals surface area contributed by atoms with Crippen LogP contribution in [0.1, 0.15) is 11.3 Å². The van der Waals surface area contributed by atoms with Gasteiger partial charge >= 0.3 is 11.8 Å². The third-order valence-corrected chi connectivity index (χ3v) is 4.68. The maximum Gasteiger partial charge on any atom is 0.387 e. The van der Waals surface area contributed by atoms with Crippen molar-refractivity contribution in [3.63, 3.8) is 0 Å². The number of aromatic amines is 1. The average molecular weight is 367 g/mol. The molecule has 0 aliphatic heterocycles. The Morgan fingerprint density at radius 2 is 2.12 bits per heavy atom. The summed E-state index contributed by atoms with van der Waals surface area (Å²) in [6, 6.07) is 6.11. The lowest BCUT2D eigenvalue weighted by Gasteiger charge is -2.11. The van der Waals surface area contributed by atoms with Crippen molar-refractivity contribution < 1.29 is 22.8 Å². The molecular weight excluding hydrogens is 352 g/mol. The lowest BCUT2D eigenvalue weighted by Crippen LogP contribution is -2.10. The van der Waals surface area contributed by atoms with Crippen molar-refractivity contribution in [2.24, 2.45) is 0 Å². The SMILES string of the molecule is COc1c(C)ccnc1C[S+]([O-])c1nc2cc(OC(F)F)ccc2[nH]1. The zero-order valence-corrected chi connectivity index (χ0v) is 14.3. The monoisotopic (exact) mass is 367 g/mol. The Balaban J connectivity index is 1.85. The predicted molar refractivity (Wildman–Crippen MR) is 88.4 cm³/mol. The Morgan fingerprint density at radius 3 is 2.84 bits per heavy atom. The number of ether oxygens (including phenoxy) is 2. The van der Waals surface area contributed by atoms with Gasteiger partial charge < -0.3 is 14.0 Å². The first-order valence-corrected chi connectivity index (χ1v) is 8.61. The number of pyridine rings is 1. The fraction of sp³-hybridized carbons (Fsp3) is 0.250. The predicted octanol–water partition coefficient (Wildman–Crippen LogP) is 3.18. The highest BCUT2D eigenvalue weighted by molar-refractivity contribution is 7.90. The van der Waals surface area contributed by atoms with Crippen molar-refractivity contribution in [1.82, 2.24) is 15.0 Å². The van der Waals surface area contributed by atoms with Gasteiger partial charge in [0, 0.05) is 23.4 Å². The van der Waals surface area contributed by atoms with Crippen molar-refractivity contribution in [2.45, 2.75) is 24.4 Å². The number of H-pyrrole nitrogens is 1. The van der Waals surface area contributed by atoms with Crippen molar-refractivity contribution in [3.8, 4) is 11.5 Å². The molecule has 0 fully saturated rings. The number of benzene rings is 1. The van der Waals surface area contributed by atoms with E-state index in [0.29, 0.717) is 22.5 Å². The normalized spacial score (nSPS) is 12.6. The minimum Gasteiger partial charge on any atom is -0.609 e. The Bertz CT molecular complexity index is 888. The number of aromatic nitrogens is 3. The molecule has 0 aliphatic rings. The number of aryl methyl sites for hydroxylation is 1. The fourth-order valence-corrected chi connectivity index (χ4v) is 3.44. The molecular formula is C16H15F2N3O3S. The van der Waals surface area contributed by atoms with E-state index in [1.165, 1.54) is 19.2 Å². The van der Waals surface area contributed by atoms with Crippen LogP contribution in [0, 0.1) is 6.92 Å². The van der Waals surface area contributed by atoms with Crippen LogP contribution < -0.4 is 9.47 Å². The first-order chi connectivity index (χ1) is 12.0. The largest absolute Gasteiger partial charge is 0.609 e. The minimum absolute atomic E-state index is 0.00616. The van der Waals surface area contributed by atoms with Crippen LogP contribution in [0.5, 0.6) is 11.5 Å². The maximum atomic E-state index is 12.6. The van der Waals surface area contributed by atoms with Crippen LogP contribution in [0.4, 0.5) is 8.78 Å². The number of nitrogens with one attached hydrogen (secondary N) is 1. The number of nitrogens with zero attached hydrogens (tertiary/aromatic N) is 2. The summed E-state index contributed by atoms with van der Waals surface area (Å²) < 4.78 is 46.8. The van der Waals surface area contributed by atoms with E-state index in [-0.39, 0.29) is 16.7 Å². The zero-order chi connectivity index (χ0) is 18.0. The van der Waals surface area contributed by atoms with E-state index in [9.17, 15) is 13.3 Å². The van der Waals surface area contributed by atoms with Crippen molar-refractivity contribution in [3.05, 3.63) is 41.7 Å². The second kappa shape index (κ2) is 7.24. The lowest BCUT2D eigenvalue weighted by atomic mass is 10.2. The Labute approximate surface area is 145 Å². The molecule has 1 atom stereocenters. The zero-order valence-electron chi connectivity index (χ0n) is 13.5. The topological polar surface area (TPSA) is 83.1 Å². The van der Waals surface area contributed by atoms with Gasteiger partial charge in [0.15, 0.2) is 5.75 Å². The van der Waals surface area contributed by atoms with Crippen LogP contribution in [0.3, 0.4) is 0 Å². The van der Waals surface area contributed by atoms with E-state index in [1.54, 1.807) is 18.3 Å². The molecule has 1 unspecified atom stereocenters. The smallest absolute Gasteiger partial charge is 0.387 e. The number of imidazole rings is 1. The highest BCUT2D eigenvalue weighted by Crippen LogP contribution is 2.26. The molecule has 2 heterocycles. The third-order valence-electron chi connectivity index (χ3n) is 3.52. The number of halogens is 2. The molecule has 0 radical (unpaired) electrons. The molecule has 3 aromatic rings. The number of alkyl halides is 2. The molecule has 0 spiro atoms. The lowest BCUT2D eigenvalue weighted by molar-refractivity contribution is -0.0497. The average Bonchev–Trinajstić information content (AvgIpc) is 2.98. The Morgan fingerprint density at radius 1 is 1.32 bits per heavy atom. The van der Waals surface area contributed by atoms with Crippen LogP contribution in [0.15, 0.2) is 35.6 Å². The van der Waals surface area contributed by atoms with Crippen molar-refractivity contribution in [1.29, 1.82) is 0 Å². The molecule has 0 bridgehead atoms. The number of hydrogen-bond acceptors (Lipinski definition) is 5. The van der Waals surface area contributed by atoms with Gasteiger partial charge in [0.25, 0.3) is 0 Å². The number of rotatable bonds is 6. The molecule has 132 valence electrons. The molecule has 0 saturated carbocycles. The van der Waals surface area contributed by atoms with E-state index in [2.05, 4.69) is 19.7 Å². The van der Waals surface area contributed by atoms with E-state index >= 15 is 0 Å². The summed E-state index contributed by atoms with van der Waals surface area (Å²) in [6.07, 6.45) is 1.62. The molecule has 0 saturated heterocycles. The first kappa shape index (κ1) is 17.4. The summed E-state index contributed by atoms with van der Waals surface area (Å²) in [5.74, 6) is 0.693. The van der Waals surface area contributed by atoms with E-state index in [1.807, 2.05) is 6.92 Å². The first-order valence-electron chi connectivity index (χ1n) is 7.29. The molecule has 0 aliphatic carbocycles. The summed E-state index contributed by atoms with van der Waals surface area (Å²) in [6.45, 7) is -1.04. The van der Waals surface area contributed by atoms with Crippen LogP contribution in [-0.2, 0) is 16.9 Å². The second-order valence-corrected chi connectivity index (χ2v) is 6.56. The maximum absolute atomic E-state index is 12.6. The summed E-state index contributed by atoms with van der Waals surface area (Å²) in [7, 11) is 1.53. The van der Waals surface area contributed by atoms with Crippen molar-refractivity contribution in [2.75, 3.05) is 7.11 Å². The highest BCUT2D eigenvalue weighted by Gasteiger charge is 2.21. The molecule has 2 aromatic heterocycles. The van der Waals surface area contributed by atoms with E-state index in [0.717, 1.165) is 5.56 Å². The van der Waals surface area contributed by atoms with Gasteiger partial charge in [-0.05, 0) is 30.7 Å². The van der Waals surface area contributed by atoms with Crippen LogP contribution in [-0.4, -0.2) is 33.2 Å². The molecule has 1 aromatic carbocycles. The van der Waals surface area contributed by atoms with Gasteiger partial charge in [-0.3, -0.25) is 9.97 Å². The fourth-order valence-electron chi connectivity index (χ4n) is 2.42. The molecule has 1 N–H and O–H groups in total. The van der Waals surface area contributed by atoms with Gasteiger partial charge in [0.2, 0.25) is 0 Å². The van der Waals surface area contributed by atoms with E-state index in [4.69, 9.17) is 4.74 Å². The van der Waals surface area contributed by atoms with Gasteiger partial charge in [-0.25, -0.2) is 0 Å². The van der Waals surface area contributed by atoms with Crippen LogP contribution >= 0.6 is 0 Å². The summed E-state index contributed by atoms with van der Waals surface area (Å²) in [4.78, 5) is 11.3. The van der Waals surface area contributed by atoms with E-state index < -0.39 is 17.8 Å². The summed E-state index contributed by atoms with van der Waals surface area (Å²) in [5, 5.41) is 0.231. The van der Waals surface area contributed by atoms with Crippen LogP contribution in [0.2, 0.25) is 0 Å². The number of methoxy groups -OCH3 is 1. The minimum atomic E-state index is -2.91. The third kappa shape index (κ3) is 3.83. The standard InChI is InChI=1S/C16H15F2N3O3S/c1-9-5-6-19-13(14(9)23-2)8-25(22)16-20-11-4-3-10(24-15(17)18)7-12(11)21-16/h3-7,15H,8H2,1-2H3,(H,20,21). The quantitative estimate of drug-likeness (QED) is 0.677. The molecule has 25 heavy (non-hydrogen) atoms. The van der Waals surface area contributed by atoms with Gasteiger partial charge in [-0.1, -0.05) is 0 Å². The molecule has 3 rings (SSSR count). The van der Waals surface area contributed by atoms with Crippen molar-refractivity contribution >= 4 is 22.2 Å². The van der Waals surface area contributed by atoms with Gasteiger partial charge in [0.05, 0.1) is 18.1 Å². The molecule has 9 heteroatoms. The van der Waals surface area contributed by atoms with Crippen LogP contribution in [0.25, 0.3) is 11.0 Å². The van der Waals surface area contributed by atoms with Gasteiger partial charge in [0.1, 0.15) is 17.2 Å². The second-order valence-electron chi connectivity index (χ2n) is 5.20. The number of fused-ring (bicyclic) bond motifs is 1. The summed E-state index contributed by atoms with van der Waals surface area (Å²) >= 11 is -1.50. The van der Waals surface area contributed by atoms with Gasteiger partial charge in [-0.2, -0.15) is 13.8 Å². The Kier molecular flexibility index (Phi) is 5.05. The Hall–Kier alpha value is -2.39. The van der Waals surface area contributed by atoms with Gasteiger partial charge in [-0.15, -0.1) is 0 Å². The summed E-state index contributed by atoms with van der Waals surface area (Å²) in [5.41, 5.74) is 2.42. The number of hydrogen-bond donors (Lipinski definition) is 1. The molecule has 0 amide bonds. The molecule has 6 nitrogen and oxygen atoms in total. The highest BCUT2D eigenvalue weighted by atomic mass is 32.2.